The molecule has 1 N–H and O–H groups in total. The molecular weight excluding hydrogens is 222 g/mol. The number of H-pyrrole nitrogens is 1. The Bertz CT molecular complexity index is 509. The SMILES string of the molecule is CC.CC=O.Cc1cc(C)c2[nH]c(C)c(C)c2c1. The number of aryl methyl sites for hydroxylation is 4. The molecule has 0 unspecified atom stereocenters. The summed E-state index contributed by atoms with van der Waals surface area (Å²) in [5.74, 6) is 0. The van der Waals surface area contributed by atoms with Crippen molar-refractivity contribution < 1.29 is 4.79 Å². The molecule has 2 rings (SSSR count). The van der Waals surface area contributed by atoms with Gasteiger partial charge < -0.3 is 9.78 Å². The Kier molecular flexibility index (Phi) is 7.03. The average molecular weight is 247 g/mol. The lowest BCUT2D eigenvalue weighted by atomic mass is 10.1. The van der Waals surface area contributed by atoms with Gasteiger partial charge in [0.05, 0.1) is 0 Å². The van der Waals surface area contributed by atoms with Gasteiger partial charge in [0.25, 0.3) is 0 Å². The van der Waals surface area contributed by atoms with Crippen molar-refractivity contribution in [1.29, 1.82) is 0 Å². The molecule has 0 saturated carbocycles. The molecule has 1 heterocycles. The molecule has 2 aromatic rings. The number of hydrogen-bond acceptors (Lipinski definition) is 1. The van der Waals surface area contributed by atoms with E-state index in [4.69, 9.17) is 4.79 Å². The molecule has 18 heavy (non-hydrogen) atoms. The Hall–Kier alpha value is -1.57. The van der Waals surface area contributed by atoms with E-state index in [0.29, 0.717) is 0 Å². The summed E-state index contributed by atoms with van der Waals surface area (Å²) < 4.78 is 0. The summed E-state index contributed by atoms with van der Waals surface area (Å²) in [5, 5.41) is 1.37. The highest BCUT2D eigenvalue weighted by atomic mass is 16.1. The van der Waals surface area contributed by atoms with E-state index in [-0.39, 0.29) is 0 Å². The third-order valence-electron chi connectivity index (χ3n) is 2.76. The van der Waals surface area contributed by atoms with Gasteiger partial charge in [-0.05, 0) is 51.8 Å². The molecule has 0 fully saturated rings. The zero-order chi connectivity index (χ0) is 14.3. The van der Waals surface area contributed by atoms with E-state index < -0.39 is 0 Å². The highest BCUT2D eigenvalue weighted by molar-refractivity contribution is 5.87. The van der Waals surface area contributed by atoms with Gasteiger partial charge in [-0.2, -0.15) is 0 Å². The second-order valence-electron chi connectivity index (χ2n) is 4.12. The number of carbonyl (C=O) groups is 1. The number of hydrogen-bond donors (Lipinski definition) is 1. The number of fused-ring (bicyclic) bond motifs is 1. The second-order valence-corrected chi connectivity index (χ2v) is 4.12. The first-order chi connectivity index (χ1) is 8.51. The predicted octanol–water partition coefficient (Wildman–Crippen LogP) is 4.63. The van der Waals surface area contributed by atoms with Crippen LogP contribution in [0.15, 0.2) is 12.1 Å². The van der Waals surface area contributed by atoms with Gasteiger partial charge in [-0.1, -0.05) is 25.5 Å². The van der Waals surface area contributed by atoms with Crippen LogP contribution >= 0.6 is 0 Å². The molecule has 1 aromatic carbocycles. The van der Waals surface area contributed by atoms with Gasteiger partial charge in [0.2, 0.25) is 0 Å². The molecular formula is C16H25NO. The van der Waals surface area contributed by atoms with Crippen molar-refractivity contribution in [2.75, 3.05) is 0 Å². The van der Waals surface area contributed by atoms with E-state index in [9.17, 15) is 0 Å². The molecule has 0 aliphatic carbocycles. The van der Waals surface area contributed by atoms with E-state index >= 15 is 0 Å². The summed E-state index contributed by atoms with van der Waals surface area (Å²) in [6.07, 6.45) is 0.750. The first-order valence-electron chi connectivity index (χ1n) is 6.47. The number of benzene rings is 1. The number of carbonyl (C=O) groups excluding carboxylic acids is 1. The molecule has 2 heteroatoms. The first kappa shape index (κ1) is 16.4. The van der Waals surface area contributed by atoms with Gasteiger partial charge in [0.15, 0.2) is 0 Å². The topological polar surface area (TPSA) is 32.9 Å². The molecule has 0 radical (unpaired) electrons. The minimum Gasteiger partial charge on any atom is -0.358 e. The first-order valence-corrected chi connectivity index (χ1v) is 6.47. The fourth-order valence-corrected chi connectivity index (χ4v) is 1.91. The van der Waals surface area contributed by atoms with Crippen LogP contribution in [0.5, 0.6) is 0 Å². The van der Waals surface area contributed by atoms with Gasteiger partial charge >= 0.3 is 0 Å². The molecule has 0 spiro atoms. The van der Waals surface area contributed by atoms with Crippen molar-refractivity contribution in [3.63, 3.8) is 0 Å². The summed E-state index contributed by atoms with van der Waals surface area (Å²) in [6.45, 7) is 14.1. The number of aromatic nitrogens is 1. The summed E-state index contributed by atoms with van der Waals surface area (Å²) in [4.78, 5) is 12.2. The van der Waals surface area contributed by atoms with E-state index in [2.05, 4.69) is 44.8 Å². The van der Waals surface area contributed by atoms with Gasteiger partial charge in [0, 0.05) is 16.6 Å². The molecule has 0 aliphatic heterocycles. The van der Waals surface area contributed by atoms with E-state index in [1.54, 1.807) is 0 Å². The molecule has 1 aromatic heterocycles. The summed E-state index contributed by atoms with van der Waals surface area (Å²) >= 11 is 0. The largest absolute Gasteiger partial charge is 0.358 e. The lowest BCUT2D eigenvalue weighted by Gasteiger charge is -1.99. The third kappa shape index (κ3) is 3.73. The zero-order valence-electron chi connectivity index (χ0n) is 12.6. The fourth-order valence-electron chi connectivity index (χ4n) is 1.91. The fraction of sp³-hybridized carbons (Fsp3) is 0.438. The summed E-state index contributed by atoms with van der Waals surface area (Å²) in [7, 11) is 0. The lowest BCUT2D eigenvalue weighted by Crippen LogP contribution is -1.79. The molecule has 0 aliphatic rings. The Labute approximate surface area is 110 Å². The highest BCUT2D eigenvalue weighted by Crippen LogP contribution is 2.25. The van der Waals surface area contributed by atoms with Crippen LogP contribution in [0.25, 0.3) is 10.9 Å². The Morgan fingerprint density at radius 1 is 1.06 bits per heavy atom. The lowest BCUT2D eigenvalue weighted by molar-refractivity contribution is -0.106. The van der Waals surface area contributed by atoms with Crippen LogP contribution in [0.3, 0.4) is 0 Å². The number of aromatic amines is 1. The number of aldehydes is 1. The van der Waals surface area contributed by atoms with Crippen molar-refractivity contribution in [1.82, 2.24) is 4.98 Å². The molecule has 0 bridgehead atoms. The van der Waals surface area contributed by atoms with Crippen molar-refractivity contribution in [2.24, 2.45) is 0 Å². The van der Waals surface area contributed by atoms with Crippen molar-refractivity contribution in [2.45, 2.75) is 48.5 Å². The summed E-state index contributed by atoms with van der Waals surface area (Å²) in [5.41, 5.74) is 6.63. The second kappa shape index (κ2) is 7.70. The van der Waals surface area contributed by atoms with E-state index in [0.717, 1.165) is 6.29 Å². The molecule has 0 saturated heterocycles. The van der Waals surface area contributed by atoms with Crippen LogP contribution < -0.4 is 0 Å². The van der Waals surface area contributed by atoms with Gasteiger partial charge in [-0.25, -0.2) is 0 Å². The smallest absolute Gasteiger partial charge is 0.116 e. The van der Waals surface area contributed by atoms with Crippen molar-refractivity contribution in [3.8, 4) is 0 Å². The Morgan fingerprint density at radius 2 is 1.56 bits per heavy atom. The average Bonchev–Trinajstić information content (AvgIpc) is 2.61. The maximum atomic E-state index is 8.81. The Morgan fingerprint density at radius 3 is 2.06 bits per heavy atom. The van der Waals surface area contributed by atoms with Gasteiger partial charge in [-0.15, -0.1) is 0 Å². The maximum Gasteiger partial charge on any atom is 0.116 e. The minimum atomic E-state index is 0.750. The standard InChI is InChI=1S/C12H15N.C2H4O.C2H6/c1-7-5-8(2)12-11(6-7)9(3)10(4)13-12;1-2-3;1-2/h5-6,13H,1-4H3;2H,1H3;1-2H3. The zero-order valence-corrected chi connectivity index (χ0v) is 12.6. The monoisotopic (exact) mass is 247 g/mol. The predicted molar refractivity (Wildman–Crippen MR) is 80.3 cm³/mol. The molecule has 0 atom stereocenters. The van der Waals surface area contributed by atoms with Crippen molar-refractivity contribution >= 4 is 17.2 Å². The van der Waals surface area contributed by atoms with E-state index in [1.807, 2.05) is 13.8 Å². The third-order valence-corrected chi connectivity index (χ3v) is 2.76. The van der Waals surface area contributed by atoms with Crippen molar-refractivity contribution in [3.05, 3.63) is 34.5 Å². The van der Waals surface area contributed by atoms with Gasteiger partial charge in [0.1, 0.15) is 6.29 Å². The number of rotatable bonds is 0. The van der Waals surface area contributed by atoms with Crippen LogP contribution in [0.2, 0.25) is 0 Å². The van der Waals surface area contributed by atoms with Crippen LogP contribution in [-0.4, -0.2) is 11.3 Å². The maximum absolute atomic E-state index is 8.81. The van der Waals surface area contributed by atoms with E-state index in [1.165, 1.54) is 40.2 Å². The Balaban J connectivity index is 0.000000509. The van der Waals surface area contributed by atoms with Crippen LogP contribution in [0.1, 0.15) is 43.2 Å². The molecule has 2 nitrogen and oxygen atoms in total. The quantitative estimate of drug-likeness (QED) is 0.676. The molecule has 100 valence electrons. The molecule has 0 amide bonds. The van der Waals surface area contributed by atoms with Crippen LogP contribution in [0, 0.1) is 27.7 Å². The highest BCUT2D eigenvalue weighted by Gasteiger charge is 2.05. The number of nitrogens with one attached hydrogen (secondary N) is 1. The minimum absolute atomic E-state index is 0.750. The summed E-state index contributed by atoms with van der Waals surface area (Å²) in [6, 6.07) is 4.47. The van der Waals surface area contributed by atoms with Crippen LogP contribution in [0.4, 0.5) is 0 Å². The van der Waals surface area contributed by atoms with Crippen LogP contribution in [-0.2, 0) is 4.79 Å². The van der Waals surface area contributed by atoms with Gasteiger partial charge in [-0.3, -0.25) is 0 Å². The normalized spacial score (nSPS) is 9.06.